The second-order valence-corrected chi connectivity index (χ2v) is 4.77. The van der Waals surface area contributed by atoms with Gasteiger partial charge in [0.15, 0.2) is 0 Å². The molecule has 0 bridgehead atoms. The molecular formula is C16H12N2O4. The molecule has 0 aliphatic carbocycles. The fourth-order valence-corrected chi connectivity index (χ4v) is 2.30. The van der Waals surface area contributed by atoms with E-state index in [2.05, 4.69) is 5.32 Å². The maximum Gasteiger partial charge on any atom is 0.270 e. The maximum absolute atomic E-state index is 12.1. The molecule has 0 aromatic heterocycles. The largest absolute Gasteiger partial charge is 0.497 e. The van der Waals surface area contributed by atoms with Crippen LogP contribution < -0.4 is 10.1 Å². The van der Waals surface area contributed by atoms with Crippen LogP contribution in [0.25, 0.3) is 11.6 Å². The number of hydrogen-bond donors (Lipinski definition) is 1. The van der Waals surface area contributed by atoms with Crippen molar-refractivity contribution >= 4 is 28.9 Å². The summed E-state index contributed by atoms with van der Waals surface area (Å²) in [5, 5.41) is 13.6. The van der Waals surface area contributed by atoms with Crippen LogP contribution in [0, 0.1) is 10.1 Å². The maximum atomic E-state index is 12.1. The van der Waals surface area contributed by atoms with E-state index in [0.29, 0.717) is 22.6 Å². The van der Waals surface area contributed by atoms with Crippen LogP contribution in [0.4, 0.5) is 11.4 Å². The zero-order chi connectivity index (χ0) is 15.7. The highest BCUT2D eigenvalue weighted by molar-refractivity contribution is 6.35. The van der Waals surface area contributed by atoms with Crippen LogP contribution in [0.1, 0.15) is 11.1 Å². The Bertz CT molecular complexity index is 794. The number of benzene rings is 2. The quantitative estimate of drug-likeness (QED) is 0.536. The van der Waals surface area contributed by atoms with Crippen molar-refractivity contribution in [3.63, 3.8) is 0 Å². The van der Waals surface area contributed by atoms with Crippen LogP contribution >= 0.6 is 0 Å². The highest BCUT2D eigenvalue weighted by Gasteiger charge is 2.26. The molecule has 0 unspecified atom stereocenters. The number of nitro benzene ring substituents is 1. The normalized spacial score (nSPS) is 14.6. The number of hydrogen-bond acceptors (Lipinski definition) is 4. The molecule has 0 spiro atoms. The molecule has 0 atom stereocenters. The summed E-state index contributed by atoms with van der Waals surface area (Å²) < 4.78 is 5.08. The van der Waals surface area contributed by atoms with Crippen molar-refractivity contribution in [1.29, 1.82) is 0 Å². The second kappa shape index (κ2) is 5.33. The minimum Gasteiger partial charge on any atom is -0.497 e. The third-order valence-corrected chi connectivity index (χ3v) is 3.42. The monoisotopic (exact) mass is 296 g/mol. The lowest BCUT2D eigenvalue weighted by Crippen LogP contribution is -2.03. The first-order valence-corrected chi connectivity index (χ1v) is 6.54. The molecule has 0 saturated heterocycles. The Morgan fingerprint density at radius 3 is 2.55 bits per heavy atom. The van der Waals surface area contributed by atoms with E-state index in [1.807, 2.05) is 12.1 Å². The second-order valence-electron chi connectivity index (χ2n) is 4.77. The zero-order valence-electron chi connectivity index (χ0n) is 11.7. The van der Waals surface area contributed by atoms with Gasteiger partial charge in [-0.05, 0) is 29.8 Å². The molecule has 22 heavy (non-hydrogen) atoms. The number of nitrogens with zero attached hydrogens (tertiary/aromatic N) is 1. The van der Waals surface area contributed by atoms with Crippen LogP contribution in [-0.4, -0.2) is 17.9 Å². The van der Waals surface area contributed by atoms with Gasteiger partial charge in [0.2, 0.25) is 0 Å². The number of nitrogens with one attached hydrogen (secondary N) is 1. The number of methoxy groups -OCH3 is 1. The molecule has 0 radical (unpaired) electrons. The fraction of sp³-hybridized carbons (Fsp3) is 0.0625. The molecule has 6 nitrogen and oxygen atoms in total. The lowest BCUT2D eigenvalue weighted by molar-refractivity contribution is -0.384. The Labute approximate surface area is 126 Å². The summed E-state index contributed by atoms with van der Waals surface area (Å²) in [5.41, 5.74) is 2.29. The first kappa shape index (κ1) is 13.8. The van der Waals surface area contributed by atoms with Crippen LogP contribution in [0.3, 0.4) is 0 Å². The predicted molar refractivity (Wildman–Crippen MR) is 82.6 cm³/mol. The Kier molecular flexibility index (Phi) is 3.34. The van der Waals surface area contributed by atoms with Gasteiger partial charge in [-0.25, -0.2) is 0 Å². The van der Waals surface area contributed by atoms with E-state index in [0.717, 1.165) is 5.56 Å². The summed E-state index contributed by atoms with van der Waals surface area (Å²) in [6.45, 7) is 0. The molecule has 1 heterocycles. The number of fused-ring (bicyclic) bond motifs is 1. The fourth-order valence-electron chi connectivity index (χ4n) is 2.30. The first-order valence-electron chi connectivity index (χ1n) is 6.54. The molecule has 3 rings (SSSR count). The van der Waals surface area contributed by atoms with E-state index >= 15 is 0 Å². The molecule has 2 aromatic rings. The highest BCUT2D eigenvalue weighted by atomic mass is 16.6. The van der Waals surface area contributed by atoms with Crippen LogP contribution in [0.5, 0.6) is 5.75 Å². The topological polar surface area (TPSA) is 81.5 Å². The average molecular weight is 296 g/mol. The van der Waals surface area contributed by atoms with E-state index in [1.165, 1.54) is 12.1 Å². The number of non-ortho nitro benzene ring substituents is 1. The molecule has 110 valence electrons. The summed E-state index contributed by atoms with van der Waals surface area (Å²) in [6.07, 6.45) is 1.70. The summed E-state index contributed by atoms with van der Waals surface area (Å²) in [4.78, 5) is 22.5. The standard InChI is InChI=1S/C16H12N2O4/c1-22-12-5-2-10(3-6-12)8-14-13-9-11(18(20)21)4-7-15(13)17-16(14)19/h2-9H,1H3,(H,17,19)/b14-8-. The van der Waals surface area contributed by atoms with Gasteiger partial charge in [0, 0.05) is 29.0 Å². The van der Waals surface area contributed by atoms with Gasteiger partial charge in [0.05, 0.1) is 12.0 Å². The van der Waals surface area contributed by atoms with Gasteiger partial charge in [0.1, 0.15) is 5.75 Å². The van der Waals surface area contributed by atoms with Crippen molar-refractivity contribution in [1.82, 2.24) is 0 Å². The van der Waals surface area contributed by atoms with E-state index in [4.69, 9.17) is 4.74 Å². The number of nitro groups is 1. The van der Waals surface area contributed by atoms with E-state index in [9.17, 15) is 14.9 Å². The Morgan fingerprint density at radius 1 is 1.18 bits per heavy atom. The van der Waals surface area contributed by atoms with Crippen molar-refractivity contribution in [3.05, 3.63) is 63.7 Å². The van der Waals surface area contributed by atoms with Crippen molar-refractivity contribution in [2.24, 2.45) is 0 Å². The first-order chi connectivity index (χ1) is 10.6. The molecule has 1 amide bonds. The van der Waals surface area contributed by atoms with Gasteiger partial charge in [-0.15, -0.1) is 0 Å². The summed E-state index contributed by atoms with van der Waals surface area (Å²) >= 11 is 0. The van der Waals surface area contributed by atoms with Gasteiger partial charge < -0.3 is 10.1 Å². The van der Waals surface area contributed by atoms with Gasteiger partial charge in [0.25, 0.3) is 11.6 Å². The highest BCUT2D eigenvalue weighted by Crippen LogP contribution is 2.35. The van der Waals surface area contributed by atoms with Crippen LogP contribution in [-0.2, 0) is 4.79 Å². The number of carbonyl (C=O) groups is 1. The van der Waals surface area contributed by atoms with Crippen molar-refractivity contribution < 1.29 is 14.5 Å². The molecule has 1 aliphatic heterocycles. The Morgan fingerprint density at radius 2 is 1.91 bits per heavy atom. The van der Waals surface area contributed by atoms with E-state index in [-0.39, 0.29) is 11.6 Å². The summed E-state index contributed by atoms with van der Waals surface area (Å²) in [6, 6.07) is 11.5. The van der Waals surface area contributed by atoms with Crippen molar-refractivity contribution in [2.75, 3.05) is 12.4 Å². The third-order valence-electron chi connectivity index (χ3n) is 3.42. The van der Waals surface area contributed by atoms with Gasteiger partial charge in [-0.3, -0.25) is 14.9 Å². The van der Waals surface area contributed by atoms with Gasteiger partial charge in [-0.1, -0.05) is 12.1 Å². The summed E-state index contributed by atoms with van der Waals surface area (Å²) in [7, 11) is 1.58. The Balaban J connectivity index is 2.04. The van der Waals surface area contributed by atoms with Crippen LogP contribution in [0.2, 0.25) is 0 Å². The minimum atomic E-state index is -0.478. The Hall–Kier alpha value is -3.15. The van der Waals surface area contributed by atoms with E-state index in [1.54, 1.807) is 31.4 Å². The number of rotatable bonds is 3. The van der Waals surface area contributed by atoms with Gasteiger partial charge >= 0.3 is 0 Å². The number of anilines is 1. The molecule has 2 aromatic carbocycles. The molecule has 0 fully saturated rings. The zero-order valence-corrected chi connectivity index (χ0v) is 11.7. The predicted octanol–water partition coefficient (Wildman–Crippen LogP) is 3.10. The molecule has 0 saturated carbocycles. The number of carbonyl (C=O) groups excluding carboxylic acids is 1. The molecule has 6 heteroatoms. The van der Waals surface area contributed by atoms with E-state index < -0.39 is 4.92 Å². The van der Waals surface area contributed by atoms with Crippen molar-refractivity contribution in [3.8, 4) is 5.75 Å². The van der Waals surface area contributed by atoms with Crippen molar-refractivity contribution in [2.45, 2.75) is 0 Å². The molecule has 1 N–H and O–H groups in total. The lowest BCUT2D eigenvalue weighted by Gasteiger charge is -2.01. The van der Waals surface area contributed by atoms with Crippen LogP contribution in [0.15, 0.2) is 42.5 Å². The molecule has 1 aliphatic rings. The average Bonchev–Trinajstić information content (AvgIpc) is 2.83. The SMILES string of the molecule is COc1ccc(/C=C2\C(=O)Nc3ccc([N+](=O)[O-])cc32)cc1. The number of amides is 1. The smallest absolute Gasteiger partial charge is 0.270 e. The third kappa shape index (κ3) is 2.42. The lowest BCUT2D eigenvalue weighted by atomic mass is 10.0. The number of ether oxygens (including phenoxy) is 1. The minimum absolute atomic E-state index is 0.0455. The summed E-state index contributed by atoms with van der Waals surface area (Å²) in [5.74, 6) is 0.445. The molecular weight excluding hydrogens is 284 g/mol. The van der Waals surface area contributed by atoms with Gasteiger partial charge in [-0.2, -0.15) is 0 Å².